The molecule has 0 saturated carbocycles. The first-order chi connectivity index (χ1) is 9.97. The van der Waals surface area contributed by atoms with Gasteiger partial charge in [0.1, 0.15) is 11.3 Å². The van der Waals surface area contributed by atoms with Crippen LogP contribution in [0, 0.1) is 6.92 Å². The van der Waals surface area contributed by atoms with Gasteiger partial charge in [-0.3, -0.25) is 4.90 Å². The molecule has 0 spiro atoms. The molecule has 1 heterocycles. The number of fused-ring (bicyclic) bond motifs is 1. The normalized spacial score (nSPS) is 12.4. The van der Waals surface area contributed by atoms with Crippen molar-refractivity contribution in [3.63, 3.8) is 0 Å². The number of halogens is 2. The van der Waals surface area contributed by atoms with Crippen molar-refractivity contribution in [3.05, 3.63) is 39.7 Å². The third-order valence-electron chi connectivity index (χ3n) is 3.78. The predicted octanol–water partition coefficient (Wildman–Crippen LogP) is 3.68. The molecule has 22 heavy (non-hydrogen) atoms. The smallest absolute Gasteiger partial charge is 0.336 e. The van der Waals surface area contributed by atoms with Gasteiger partial charge in [0.25, 0.3) is 0 Å². The van der Waals surface area contributed by atoms with E-state index in [0.717, 1.165) is 24.0 Å². The van der Waals surface area contributed by atoms with E-state index in [1.165, 1.54) is 6.07 Å². The molecule has 1 atom stereocenters. The number of benzene rings is 1. The summed E-state index contributed by atoms with van der Waals surface area (Å²) >= 11 is 6.43. The molecule has 1 aromatic heterocycles. The minimum atomic E-state index is -0.416. The largest absolute Gasteiger partial charge is 0.508 e. The van der Waals surface area contributed by atoms with Crippen LogP contribution in [0.15, 0.2) is 27.4 Å². The minimum absolute atomic E-state index is 0. The van der Waals surface area contributed by atoms with Crippen molar-refractivity contribution >= 4 is 35.0 Å². The average Bonchev–Trinajstić information content (AvgIpc) is 2.43. The molecule has 0 saturated heterocycles. The lowest BCUT2D eigenvalue weighted by Crippen LogP contribution is -2.32. The summed E-state index contributed by atoms with van der Waals surface area (Å²) < 4.78 is 5.31. The van der Waals surface area contributed by atoms with Crippen LogP contribution in [0.4, 0.5) is 0 Å². The highest BCUT2D eigenvalue weighted by Gasteiger charge is 2.19. The van der Waals surface area contributed by atoms with E-state index in [2.05, 4.69) is 4.90 Å². The van der Waals surface area contributed by atoms with E-state index in [0.29, 0.717) is 17.6 Å². The van der Waals surface area contributed by atoms with E-state index in [1.807, 2.05) is 20.8 Å². The Morgan fingerprint density at radius 3 is 2.55 bits per heavy atom. The molecule has 4 nitrogen and oxygen atoms in total. The van der Waals surface area contributed by atoms with Crippen molar-refractivity contribution in [2.75, 3.05) is 13.1 Å². The summed E-state index contributed by atoms with van der Waals surface area (Å²) in [7, 11) is 0. The number of nitrogens with zero attached hydrogens (tertiary/aromatic N) is 1. The molecule has 0 radical (unpaired) electrons. The Hall–Kier alpha value is -1.23. The molecule has 1 aromatic carbocycles. The quantitative estimate of drug-likeness (QED) is 0.510. The maximum Gasteiger partial charge on any atom is 0.336 e. The number of phenolic OH excluding ortho intramolecular Hbond substituents is 1. The van der Waals surface area contributed by atoms with E-state index in [-0.39, 0.29) is 23.7 Å². The molecule has 0 amide bonds. The molecule has 1 unspecified atom stereocenters. The Morgan fingerprint density at radius 2 is 1.95 bits per heavy atom. The molecule has 0 aliphatic carbocycles. The van der Waals surface area contributed by atoms with Gasteiger partial charge in [0.15, 0.2) is 0 Å². The lowest BCUT2D eigenvalue weighted by molar-refractivity contribution is 0.276. The minimum Gasteiger partial charge on any atom is -0.508 e. The lowest BCUT2D eigenvalue weighted by atomic mass is 10.0. The first-order valence-electron chi connectivity index (χ1n) is 7.11. The summed E-state index contributed by atoms with van der Waals surface area (Å²) in [4.78, 5) is 13.7. The van der Waals surface area contributed by atoms with Gasteiger partial charge < -0.3 is 9.52 Å². The third-order valence-corrected chi connectivity index (χ3v) is 4.21. The number of aryl methyl sites for hydroxylation is 1. The summed E-state index contributed by atoms with van der Waals surface area (Å²) in [5.74, 6) is 0.106. The van der Waals surface area contributed by atoms with Gasteiger partial charge in [-0.2, -0.15) is 0 Å². The van der Waals surface area contributed by atoms with Crippen molar-refractivity contribution in [1.29, 1.82) is 0 Å². The molecule has 122 valence electrons. The fourth-order valence-corrected chi connectivity index (χ4v) is 2.97. The van der Waals surface area contributed by atoms with Crippen LogP contribution < -0.4 is 5.63 Å². The third kappa shape index (κ3) is 3.75. The Kier molecular flexibility index (Phi) is 6.72. The van der Waals surface area contributed by atoms with E-state index >= 15 is 0 Å². The monoisotopic (exact) mass is 345 g/mol. The number of hydrogen-bond acceptors (Lipinski definition) is 4. The molecule has 0 bridgehead atoms. The molecule has 0 aliphatic heterocycles. The predicted molar refractivity (Wildman–Crippen MR) is 92.4 cm³/mol. The molecule has 2 rings (SSSR count). The lowest BCUT2D eigenvalue weighted by Gasteiger charge is -2.24. The van der Waals surface area contributed by atoms with Crippen LogP contribution in [0.2, 0.25) is 0 Å². The van der Waals surface area contributed by atoms with Gasteiger partial charge in [-0.25, -0.2) is 4.79 Å². The van der Waals surface area contributed by atoms with E-state index in [1.54, 1.807) is 12.1 Å². The second-order valence-electron chi connectivity index (χ2n) is 5.05. The molecule has 0 fully saturated rings. The number of likely N-dealkylation sites (N-methyl/N-ethyl adjacent to an activating group) is 1. The first-order valence-corrected chi connectivity index (χ1v) is 7.55. The Bertz CT molecular complexity index is 696. The molecule has 2 aromatic rings. The average molecular weight is 346 g/mol. The van der Waals surface area contributed by atoms with Crippen molar-refractivity contribution < 1.29 is 9.52 Å². The Morgan fingerprint density at radius 1 is 1.32 bits per heavy atom. The topological polar surface area (TPSA) is 53.7 Å². The zero-order chi connectivity index (χ0) is 15.6. The highest BCUT2D eigenvalue weighted by Crippen LogP contribution is 2.30. The van der Waals surface area contributed by atoms with Crippen LogP contribution in [0.5, 0.6) is 5.75 Å². The highest BCUT2D eigenvalue weighted by molar-refractivity contribution is 6.20. The van der Waals surface area contributed by atoms with Crippen molar-refractivity contribution in [2.45, 2.75) is 32.7 Å². The molecule has 6 heteroatoms. The number of hydrogen-bond donors (Lipinski definition) is 1. The second-order valence-corrected chi connectivity index (χ2v) is 5.55. The van der Waals surface area contributed by atoms with Gasteiger partial charge in [0.05, 0.1) is 5.50 Å². The summed E-state index contributed by atoms with van der Waals surface area (Å²) in [6.45, 7) is 7.55. The zero-order valence-corrected chi connectivity index (χ0v) is 14.5. The number of rotatable bonds is 5. The van der Waals surface area contributed by atoms with Crippen molar-refractivity contribution in [3.8, 4) is 5.75 Å². The van der Waals surface area contributed by atoms with Gasteiger partial charge in [-0.1, -0.05) is 13.8 Å². The molecular weight excluding hydrogens is 325 g/mol. The van der Waals surface area contributed by atoms with Crippen LogP contribution in [-0.4, -0.2) is 28.6 Å². The van der Waals surface area contributed by atoms with E-state index < -0.39 is 5.63 Å². The second kappa shape index (κ2) is 7.86. The van der Waals surface area contributed by atoms with Crippen molar-refractivity contribution in [1.82, 2.24) is 4.90 Å². The molecule has 1 N–H and O–H groups in total. The first kappa shape index (κ1) is 18.8. The number of aromatic hydroxyl groups is 1. The fraction of sp³-hybridized carbons (Fsp3) is 0.438. The van der Waals surface area contributed by atoms with Crippen LogP contribution >= 0.6 is 24.0 Å². The molecular formula is C16H21Cl2NO3. The van der Waals surface area contributed by atoms with Gasteiger partial charge in [-0.05, 0) is 37.7 Å². The van der Waals surface area contributed by atoms with Gasteiger partial charge in [0, 0.05) is 23.4 Å². The highest BCUT2D eigenvalue weighted by atomic mass is 35.5. The summed E-state index contributed by atoms with van der Waals surface area (Å²) in [6.07, 6.45) is 0.415. The van der Waals surface area contributed by atoms with E-state index in [4.69, 9.17) is 16.0 Å². The van der Waals surface area contributed by atoms with E-state index in [9.17, 15) is 9.90 Å². The zero-order valence-electron chi connectivity index (χ0n) is 12.9. The SMILES string of the molecule is CCN(CC)C(Cl)Cc1c(O)ccc2c(C)cc(=O)oc12.Cl. The maximum absolute atomic E-state index is 11.6. The fourth-order valence-electron chi connectivity index (χ4n) is 2.54. The van der Waals surface area contributed by atoms with Crippen LogP contribution in [-0.2, 0) is 6.42 Å². The number of alkyl halides is 1. The standard InChI is InChI=1S/C16H20ClNO3.ClH/c1-4-18(5-2)14(17)9-12-13(19)7-6-11-10(3)8-15(20)21-16(11)12;/h6-8,14,19H,4-5,9H2,1-3H3;1H. The van der Waals surface area contributed by atoms with Crippen LogP contribution in [0.3, 0.4) is 0 Å². The summed E-state index contributed by atoms with van der Waals surface area (Å²) in [6, 6.07) is 4.83. The Balaban J connectivity index is 0.00000242. The van der Waals surface area contributed by atoms with Crippen LogP contribution in [0.1, 0.15) is 25.0 Å². The summed E-state index contributed by atoms with van der Waals surface area (Å²) in [5.41, 5.74) is 1.16. The molecule has 0 aliphatic rings. The summed E-state index contributed by atoms with van der Waals surface area (Å²) in [5, 5.41) is 11.0. The maximum atomic E-state index is 11.6. The van der Waals surface area contributed by atoms with Gasteiger partial charge in [-0.15, -0.1) is 24.0 Å². The van der Waals surface area contributed by atoms with Gasteiger partial charge >= 0.3 is 5.63 Å². The van der Waals surface area contributed by atoms with Crippen molar-refractivity contribution in [2.24, 2.45) is 0 Å². The van der Waals surface area contributed by atoms with Crippen LogP contribution in [0.25, 0.3) is 11.0 Å². The number of phenols is 1. The Labute approximate surface area is 141 Å². The van der Waals surface area contributed by atoms with Gasteiger partial charge in [0.2, 0.25) is 0 Å².